The first-order valence-corrected chi connectivity index (χ1v) is 7.14. The molecule has 16 heavy (non-hydrogen) atoms. The number of thiazole rings is 1. The number of nitrogens with zero attached hydrogens (tertiary/aromatic N) is 1. The number of hydrogen-bond donors (Lipinski definition) is 0. The van der Waals surface area contributed by atoms with Crippen molar-refractivity contribution in [2.75, 3.05) is 5.88 Å². The molecule has 0 saturated carbocycles. The molecule has 1 aromatic carbocycles. The summed E-state index contributed by atoms with van der Waals surface area (Å²) in [4.78, 5) is 5.87. The fourth-order valence-corrected chi connectivity index (χ4v) is 3.50. The molecule has 0 saturated heterocycles. The van der Waals surface area contributed by atoms with E-state index in [9.17, 15) is 0 Å². The van der Waals surface area contributed by atoms with Crippen LogP contribution in [-0.2, 0) is 6.42 Å². The van der Waals surface area contributed by atoms with Gasteiger partial charge in [-0.25, -0.2) is 4.98 Å². The molecule has 0 aliphatic rings. The maximum Gasteiger partial charge on any atom is 0.124 e. The van der Waals surface area contributed by atoms with Gasteiger partial charge in [0, 0.05) is 20.8 Å². The molecule has 0 radical (unpaired) electrons. The van der Waals surface area contributed by atoms with Crippen molar-refractivity contribution >= 4 is 38.9 Å². The Morgan fingerprint density at radius 2 is 2.12 bits per heavy atom. The van der Waals surface area contributed by atoms with Gasteiger partial charge in [0.15, 0.2) is 0 Å². The van der Waals surface area contributed by atoms with Crippen LogP contribution in [0.5, 0.6) is 0 Å². The summed E-state index contributed by atoms with van der Waals surface area (Å²) in [5, 5.41) is 1.06. The van der Waals surface area contributed by atoms with Crippen molar-refractivity contribution in [1.82, 2.24) is 4.98 Å². The molecule has 1 nitrogen and oxygen atoms in total. The molecular formula is C12H11BrClNS. The van der Waals surface area contributed by atoms with Crippen molar-refractivity contribution in [3.05, 3.63) is 39.3 Å². The van der Waals surface area contributed by atoms with Gasteiger partial charge in [0.2, 0.25) is 0 Å². The highest BCUT2D eigenvalue weighted by Crippen LogP contribution is 2.33. The number of alkyl halides is 1. The van der Waals surface area contributed by atoms with Crippen molar-refractivity contribution in [2.24, 2.45) is 0 Å². The molecule has 1 heterocycles. The van der Waals surface area contributed by atoms with Crippen LogP contribution < -0.4 is 0 Å². The van der Waals surface area contributed by atoms with Crippen molar-refractivity contribution < 1.29 is 0 Å². The zero-order chi connectivity index (χ0) is 11.5. The fourth-order valence-electron chi connectivity index (χ4n) is 1.50. The van der Waals surface area contributed by atoms with Crippen LogP contribution in [0.25, 0.3) is 10.6 Å². The van der Waals surface area contributed by atoms with Crippen molar-refractivity contribution in [3.63, 3.8) is 0 Å². The van der Waals surface area contributed by atoms with Gasteiger partial charge in [-0.05, 0) is 19.4 Å². The van der Waals surface area contributed by atoms with Crippen molar-refractivity contribution in [2.45, 2.75) is 13.3 Å². The van der Waals surface area contributed by atoms with Gasteiger partial charge >= 0.3 is 0 Å². The number of hydrogen-bond acceptors (Lipinski definition) is 2. The van der Waals surface area contributed by atoms with Gasteiger partial charge in [-0.1, -0.05) is 34.1 Å². The molecule has 0 spiro atoms. The first kappa shape index (κ1) is 12.1. The maximum atomic E-state index is 5.76. The Hall–Kier alpha value is -0.380. The monoisotopic (exact) mass is 315 g/mol. The number of halogens is 2. The third-order valence-electron chi connectivity index (χ3n) is 2.32. The average molecular weight is 317 g/mol. The molecular weight excluding hydrogens is 306 g/mol. The van der Waals surface area contributed by atoms with E-state index in [1.54, 1.807) is 11.3 Å². The molecule has 0 atom stereocenters. The van der Waals surface area contributed by atoms with E-state index in [1.165, 1.54) is 4.88 Å². The minimum Gasteiger partial charge on any atom is -0.241 e. The lowest BCUT2D eigenvalue weighted by molar-refractivity contribution is 1.12. The molecule has 0 aliphatic heterocycles. The second-order valence-electron chi connectivity index (χ2n) is 3.45. The number of rotatable bonds is 3. The third-order valence-corrected chi connectivity index (χ3v) is 4.45. The zero-order valence-corrected chi connectivity index (χ0v) is 12.0. The number of benzene rings is 1. The predicted octanol–water partition coefficient (Wildman–Crippen LogP) is 4.66. The van der Waals surface area contributed by atoms with Crippen LogP contribution in [0.1, 0.15) is 10.6 Å². The minimum atomic E-state index is 0.651. The number of aryl methyl sites for hydroxylation is 2. The van der Waals surface area contributed by atoms with Crippen LogP contribution in [0.3, 0.4) is 0 Å². The topological polar surface area (TPSA) is 12.9 Å². The Balaban J connectivity index is 2.42. The van der Waals surface area contributed by atoms with Crippen molar-refractivity contribution in [1.29, 1.82) is 0 Å². The molecule has 4 heteroatoms. The first-order valence-electron chi connectivity index (χ1n) is 4.99. The molecule has 0 aliphatic carbocycles. The van der Waals surface area contributed by atoms with E-state index in [-0.39, 0.29) is 0 Å². The van der Waals surface area contributed by atoms with Gasteiger partial charge in [-0.15, -0.1) is 22.9 Å². The van der Waals surface area contributed by atoms with E-state index in [2.05, 4.69) is 27.0 Å². The smallest absolute Gasteiger partial charge is 0.124 e. The SMILES string of the molecule is Cc1nc(-c2ccccc2Br)sc1CCCl. The average Bonchev–Trinajstić information content (AvgIpc) is 2.61. The van der Waals surface area contributed by atoms with E-state index >= 15 is 0 Å². The van der Waals surface area contributed by atoms with Gasteiger partial charge in [0.25, 0.3) is 0 Å². The fraction of sp³-hybridized carbons (Fsp3) is 0.250. The summed E-state index contributed by atoms with van der Waals surface area (Å²) in [6, 6.07) is 8.14. The molecule has 2 rings (SSSR count). The maximum absolute atomic E-state index is 5.76. The second kappa shape index (κ2) is 5.30. The molecule has 0 fully saturated rings. The van der Waals surface area contributed by atoms with E-state index in [0.29, 0.717) is 5.88 Å². The summed E-state index contributed by atoms with van der Waals surface area (Å²) >= 11 is 11.0. The first-order chi connectivity index (χ1) is 7.72. The number of aromatic nitrogens is 1. The van der Waals surface area contributed by atoms with Crippen LogP contribution in [0.15, 0.2) is 28.7 Å². The van der Waals surface area contributed by atoms with Gasteiger partial charge in [0.05, 0.1) is 5.69 Å². The second-order valence-corrected chi connectivity index (χ2v) is 5.76. The molecule has 0 bridgehead atoms. The Morgan fingerprint density at radius 1 is 1.38 bits per heavy atom. The lowest BCUT2D eigenvalue weighted by Gasteiger charge is -1.98. The minimum absolute atomic E-state index is 0.651. The van der Waals surface area contributed by atoms with Gasteiger partial charge in [0.1, 0.15) is 5.01 Å². The molecule has 2 aromatic rings. The van der Waals surface area contributed by atoms with Crippen molar-refractivity contribution in [3.8, 4) is 10.6 Å². The quantitative estimate of drug-likeness (QED) is 0.750. The van der Waals surface area contributed by atoms with E-state index in [0.717, 1.165) is 27.2 Å². The van der Waals surface area contributed by atoms with Gasteiger partial charge in [-0.3, -0.25) is 0 Å². The van der Waals surface area contributed by atoms with E-state index in [1.807, 2.05) is 25.1 Å². The van der Waals surface area contributed by atoms with Crippen LogP contribution in [-0.4, -0.2) is 10.9 Å². The zero-order valence-electron chi connectivity index (χ0n) is 8.84. The van der Waals surface area contributed by atoms with Gasteiger partial charge < -0.3 is 0 Å². The largest absolute Gasteiger partial charge is 0.241 e. The summed E-state index contributed by atoms with van der Waals surface area (Å²) in [5.74, 6) is 0.651. The Labute approximate surface area is 113 Å². The summed E-state index contributed by atoms with van der Waals surface area (Å²) in [6.07, 6.45) is 0.898. The highest BCUT2D eigenvalue weighted by Gasteiger charge is 2.10. The standard InChI is InChI=1S/C12H11BrClNS/c1-8-11(6-7-14)16-12(15-8)9-4-2-3-5-10(9)13/h2-5H,6-7H2,1H3. The highest BCUT2D eigenvalue weighted by atomic mass is 79.9. The van der Waals surface area contributed by atoms with Crippen LogP contribution in [0.4, 0.5) is 0 Å². The molecule has 0 unspecified atom stereocenters. The summed E-state index contributed by atoms with van der Waals surface area (Å²) in [7, 11) is 0. The molecule has 84 valence electrons. The predicted molar refractivity (Wildman–Crippen MR) is 74.4 cm³/mol. The van der Waals surface area contributed by atoms with Gasteiger partial charge in [-0.2, -0.15) is 0 Å². The lowest BCUT2D eigenvalue weighted by Crippen LogP contribution is -1.84. The van der Waals surface area contributed by atoms with E-state index < -0.39 is 0 Å². The summed E-state index contributed by atoms with van der Waals surface area (Å²) in [6.45, 7) is 2.04. The Kier molecular flexibility index (Phi) is 4.00. The lowest BCUT2D eigenvalue weighted by atomic mass is 10.2. The molecule has 0 amide bonds. The van der Waals surface area contributed by atoms with Crippen LogP contribution >= 0.6 is 38.9 Å². The summed E-state index contributed by atoms with van der Waals surface area (Å²) in [5.41, 5.74) is 2.24. The normalized spacial score (nSPS) is 10.7. The van der Waals surface area contributed by atoms with Crippen LogP contribution in [0, 0.1) is 6.92 Å². The molecule has 0 N–H and O–H groups in total. The Bertz CT molecular complexity index is 496. The Morgan fingerprint density at radius 3 is 2.81 bits per heavy atom. The van der Waals surface area contributed by atoms with Crippen LogP contribution in [0.2, 0.25) is 0 Å². The van der Waals surface area contributed by atoms with E-state index in [4.69, 9.17) is 11.6 Å². The third kappa shape index (κ3) is 2.47. The molecule has 1 aromatic heterocycles. The highest BCUT2D eigenvalue weighted by molar-refractivity contribution is 9.10. The summed E-state index contributed by atoms with van der Waals surface area (Å²) < 4.78 is 1.08.